The molecule has 1 aliphatic carbocycles. The molecule has 4 rings (SSSR count). The highest BCUT2D eigenvalue weighted by molar-refractivity contribution is 5.82. The van der Waals surface area contributed by atoms with E-state index in [-0.39, 0.29) is 24.1 Å². The minimum absolute atomic E-state index is 0.116. The van der Waals surface area contributed by atoms with Crippen LogP contribution in [0.5, 0.6) is 0 Å². The van der Waals surface area contributed by atoms with Crippen LogP contribution in [0, 0.1) is 17.8 Å². The fraction of sp³-hybridized carbons (Fsp3) is 0.895. The van der Waals surface area contributed by atoms with E-state index in [1.54, 1.807) is 0 Å². The lowest BCUT2D eigenvalue weighted by molar-refractivity contribution is -0.133. The second-order valence-corrected chi connectivity index (χ2v) is 8.17. The minimum Gasteiger partial charge on any atom is -0.453 e. The predicted molar refractivity (Wildman–Crippen MR) is 95.6 cm³/mol. The van der Waals surface area contributed by atoms with Gasteiger partial charge in [-0.1, -0.05) is 0 Å². The molecule has 0 N–H and O–H groups in total. The summed E-state index contributed by atoms with van der Waals surface area (Å²) in [5.74, 6) is 1.69. The lowest BCUT2D eigenvalue weighted by atomic mass is 9.89. The van der Waals surface area contributed by atoms with Crippen molar-refractivity contribution in [3.8, 4) is 0 Å². The van der Waals surface area contributed by atoms with Crippen LogP contribution in [0.25, 0.3) is 0 Å². The molecule has 146 valence electrons. The molecule has 4 atom stereocenters. The topological polar surface area (TPSA) is 62.3 Å². The first-order valence-electron chi connectivity index (χ1n) is 10.1. The fourth-order valence-corrected chi connectivity index (χ4v) is 5.56. The first-order chi connectivity index (χ1) is 12.6. The number of hydrogen-bond donors (Lipinski definition) is 0. The van der Waals surface area contributed by atoms with Crippen LogP contribution >= 0.6 is 0 Å². The van der Waals surface area contributed by atoms with Gasteiger partial charge in [0.1, 0.15) is 0 Å². The number of ether oxygens (including phenoxy) is 2. The zero-order valence-electron chi connectivity index (χ0n) is 16.1. The van der Waals surface area contributed by atoms with Crippen LogP contribution in [0.3, 0.4) is 0 Å². The van der Waals surface area contributed by atoms with E-state index in [2.05, 4.69) is 18.7 Å². The summed E-state index contributed by atoms with van der Waals surface area (Å²) >= 11 is 0. The van der Waals surface area contributed by atoms with Crippen molar-refractivity contribution in [2.75, 3.05) is 46.5 Å². The summed E-state index contributed by atoms with van der Waals surface area (Å²) in [4.78, 5) is 31.1. The molecule has 2 bridgehead atoms. The summed E-state index contributed by atoms with van der Waals surface area (Å²) in [5.41, 5.74) is 0. The molecule has 2 amide bonds. The van der Waals surface area contributed by atoms with E-state index in [9.17, 15) is 9.59 Å². The Morgan fingerprint density at radius 1 is 1.04 bits per heavy atom. The number of piperidine rings is 2. The van der Waals surface area contributed by atoms with E-state index < -0.39 is 0 Å². The highest BCUT2D eigenvalue weighted by Gasteiger charge is 2.61. The molecule has 0 radical (unpaired) electrons. The van der Waals surface area contributed by atoms with Crippen LogP contribution < -0.4 is 0 Å². The van der Waals surface area contributed by atoms with Crippen LogP contribution in [0.2, 0.25) is 0 Å². The molecule has 3 aliphatic heterocycles. The zero-order valence-corrected chi connectivity index (χ0v) is 16.1. The van der Waals surface area contributed by atoms with Gasteiger partial charge in [0.25, 0.3) is 0 Å². The molecule has 0 aromatic carbocycles. The molecule has 4 aliphatic rings. The average Bonchev–Trinajstić information content (AvgIpc) is 3.14. The average molecular weight is 365 g/mol. The van der Waals surface area contributed by atoms with Crippen molar-refractivity contribution >= 4 is 12.0 Å². The van der Waals surface area contributed by atoms with Gasteiger partial charge in [-0.3, -0.25) is 14.6 Å². The van der Waals surface area contributed by atoms with Gasteiger partial charge in [-0.15, -0.1) is 0 Å². The van der Waals surface area contributed by atoms with Gasteiger partial charge in [0, 0.05) is 38.1 Å². The Labute approximate surface area is 155 Å². The number of fused-ring (bicyclic) bond motifs is 3. The molecule has 26 heavy (non-hydrogen) atoms. The number of carbonyl (C=O) groups is 2. The number of amides is 2. The quantitative estimate of drug-likeness (QED) is 0.745. The third-order valence-electron chi connectivity index (χ3n) is 6.98. The van der Waals surface area contributed by atoms with Crippen LogP contribution in [0.15, 0.2) is 0 Å². The van der Waals surface area contributed by atoms with Crippen LogP contribution in [0.4, 0.5) is 4.79 Å². The van der Waals surface area contributed by atoms with Crippen molar-refractivity contribution < 1.29 is 19.1 Å². The predicted octanol–water partition coefficient (Wildman–Crippen LogP) is 1.03. The Morgan fingerprint density at radius 3 is 2.12 bits per heavy atom. The van der Waals surface area contributed by atoms with Gasteiger partial charge in [-0.2, -0.15) is 0 Å². The molecule has 0 aromatic rings. The molecule has 1 saturated carbocycles. The number of methoxy groups -OCH3 is 1. The second-order valence-electron chi connectivity index (χ2n) is 8.17. The number of rotatable bonds is 4. The van der Waals surface area contributed by atoms with Gasteiger partial charge < -0.3 is 14.4 Å². The molecule has 3 saturated heterocycles. The first kappa shape index (κ1) is 18.0. The van der Waals surface area contributed by atoms with Gasteiger partial charge in [-0.05, 0) is 38.5 Å². The van der Waals surface area contributed by atoms with Crippen molar-refractivity contribution in [1.29, 1.82) is 0 Å². The Morgan fingerprint density at radius 2 is 1.62 bits per heavy atom. The number of hydrogen-bond acceptors (Lipinski definition) is 5. The highest BCUT2D eigenvalue weighted by Crippen LogP contribution is 2.53. The largest absolute Gasteiger partial charge is 0.453 e. The Bertz CT molecular complexity index is 541. The van der Waals surface area contributed by atoms with E-state index in [0.29, 0.717) is 37.0 Å². The molecule has 4 unspecified atom stereocenters. The van der Waals surface area contributed by atoms with Crippen molar-refractivity contribution in [1.82, 2.24) is 14.7 Å². The number of carbonyl (C=O) groups excluding carboxylic acids is 2. The summed E-state index contributed by atoms with van der Waals surface area (Å²) in [7, 11) is 1.45. The summed E-state index contributed by atoms with van der Waals surface area (Å²) in [6.45, 7) is 9.01. The maximum atomic E-state index is 12.6. The van der Waals surface area contributed by atoms with E-state index in [1.807, 2.05) is 9.80 Å². The molecule has 7 nitrogen and oxygen atoms in total. The van der Waals surface area contributed by atoms with Crippen LogP contribution in [0.1, 0.15) is 26.7 Å². The summed E-state index contributed by atoms with van der Waals surface area (Å²) < 4.78 is 10.7. The molecule has 7 heteroatoms. The van der Waals surface area contributed by atoms with Crippen molar-refractivity contribution in [3.63, 3.8) is 0 Å². The Kier molecular flexibility index (Phi) is 4.86. The molecule has 4 fully saturated rings. The Balaban J connectivity index is 1.35. The number of morpholine rings is 1. The maximum Gasteiger partial charge on any atom is 0.410 e. The maximum absolute atomic E-state index is 12.6. The third kappa shape index (κ3) is 2.89. The lowest BCUT2D eigenvalue weighted by Gasteiger charge is -2.49. The first-order valence-corrected chi connectivity index (χ1v) is 10.1. The monoisotopic (exact) mass is 365 g/mol. The van der Waals surface area contributed by atoms with Crippen LogP contribution in [-0.2, 0) is 14.3 Å². The summed E-state index contributed by atoms with van der Waals surface area (Å²) in [6.07, 6.45) is 1.66. The Hall–Kier alpha value is -1.34. The van der Waals surface area contributed by atoms with Crippen molar-refractivity contribution in [2.45, 2.75) is 44.8 Å². The SMILES string of the molecule is CCN(CC)C(=O)C1C2CN(C3CC4COCC(C3)N4C(=O)OC)CC21. The van der Waals surface area contributed by atoms with Crippen molar-refractivity contribution in [3.05, 3.63) is 0 Å². The van der Waals surface area contributed by atoms with E-state index in [1.165, 1.54) is 7.11 Å². The van der Waals surface area contributed by atoms with Crippen molar-refractivity contribution in [2.24, 2.45) is 17.8 Å². The van der Waals surface area contributed by atoms with E-state index in [0.717, 1.165) is 39.0 Å². The lowest BCUT2D eigenvalue weighted by Crippen LogP contribution is -2.62. The molecular weight excluding hydrogens is 334 g/mol. The van der Waals surface area contributed by atoms with E-state index in [4.69, 9.17) is 9.47 Å². The fourth-order valence-electron chi connectivity index (χ4n) is 5.56. The van der Waals surface area contributed by atoms with Gasteiger partial charge in [0.05, 0.1) is 32.4 Å². The smallest absolute Gasteiger partial charge is 0.410 e. The normalized spacial score (nSPS) is 38.7. The van der Waals surface area contributed by atoms with Gasteiger partial charge >= 0.3 is 6.09 Å². The third-order valence-corrected chi connectivity index (χ3v) is 6.98. The highest BCUT2D eigenvalue weighted by atomic mass is 16.5. The number of likely N-dealkylation sites (tertiary alicyclic amines) is 1. The van der Waals surface area contributed by atoms with E-state index >= 15 is 0 Å². The number of nitrogens with zero attached hydrogens (tertiary/aromatic N) is 3. The van der Waals surface area contributed by atoms with Gasteiger partial charge in [0.2, 0.25) is 5.91 Å². The summed E-state index contributed by atoms with van der Waals surface area (Å²) in [6, 6.07) is 0.724. The van der Waals surface area contributed by atoms with Gasteiger partial charge in [0.15, 0.2) is 0 Å². The molecule has 0 spiro atoms. The second kappa shape index (κ2) is 7.00. The molecule has 0 aromatic heterocycles. The molecule has 3 heterocycles. The molecular formula is C19H31N3O4. The standard InChI is InChI=1S/C19H31N3O4/c1-4-20(5-2)18(23)17-15-8-21(9-16(15)17)12-6-13-10-26-11-14(7-12)22(13)19(24)25-3/h12-17H,4-11H2,1-3H3. The minimum atomic E-state index is -0.226. The van der Waals surface area contributed by atoms with Gasteiger partial charge in [-0.25, -0.2) is 4.79 Å². The summed E-state index contributed by atoms with van der Waals surface area (Å²) in [5, 5.41) is 0. The zero-order chi connectivity index (χ0) is 18.4. The van der Waals surface area contributed by atoms with Crippen LogP contribution in [-0.4, -0.2) is 91.3 Å².